The molecule has 0 aromatic heterocycles. The van der Waals surface area contributed by atoms with Gasteiger partial charge >= 0.3 is 11.9 Å². The average Bonchev–Trinajstić information content (AvgIpc) is 2.59. The lowest BCUT2D eigenvalue weighted by molar-refractivity contribution is -0.135. The van der Waals surface area contributed by atoms with Gasteiger partial charge in [-0.2, -0.15) is 0 Å². The molecule has 0 aliphatic heterocycles. The fraction of sp³-hybridized carbons (Fsp3) is 0. The van der Waals surface area contributed by atoms with Gasteiger partial charge in [-0.05, 0) is 0 Å². The molecule has 0 saturated carbocycles. The lowest BCUT2D eigenvalue weighted by Crippen LogP contribution is -2.24. The topological polar surface area (TPSA) is 109 Å². The normalized spacial score (nSPS) is 11.3. The standard InChI is InChI=1S/C18H12O6/c19-15(11-7-3-1-4-8-11)13(17(21)22)14(18(23)24)16(20)12-9-5-2-6-10-12/h1-10H,(H,21,22)(H,23,24). The number of rotatable bonds is 6. The summed E-state index contributed by atoms with van der Waals surface area (Å²) in [6, 6.07) is 14.6. The van der Waals surface area contributed by atoms with E-state index in [1.165, 1.54) is 48.5 Å². The van der Waals surface area contributed by atoms with Gasteiger partial charge in [-0.25, -0.2) is 9.59 Å². The maximum Gasteiger partial charge on any atom is 0.340 e. The van der Waals surface area contributed by atoms with Gasteiger partial charge in [0.15, 0.2) is 0 Å². The number of benzene rings is 2. The zero-order valence-electron chi connectivity index (χ0n) is 12.3. The van der Waals surface area contributed by atoms with Crippen LogP contribution in [0.3, 0.4) is 0 Å². The van der Waals surface area contributed by atoms with E-state index >= 15 is 0 Å². The lowest BCUT2D eigenvalue weighted by atomic mass is 9.93. The summed E-state index contributed by atoms with van der Waals surface area (Å²) in [6.45, 7) is 0. The molecule has 24 heavy (non-hydrogen) atoms. The zero-order valence-corrected chi connectivity index (χ0v) is 12.3. The summed E-state index contributed by atoms with van der Waals surface area (Å²) < 4.78 is 0. The third-order valence-corrected chi connectivity index (χ3v) is 3.20. The number of carboxylic acid groups (broad SMARTS) is 2. The summed E-state index contributed by atoms with van der Waals surface area (Å²) in [4.78, 5) is 47.8. The molecule has 0 bridgehead atoms. The Morgan fingerprint density at radius 3 is 1.08 bits per heavy atom. The number of carboxylic acids is 2. The maximum absolute atomic E-state index is 12.4. The van der Waals surface area contributed by atoms with E-state index < -0.39 is 34.7 Å². The number of carbonyl (C=O) groups is 4. The van der Waals surface area contributed by atoms with Crippen LogP contribution in [0.4, 0.5) is 0 Å². The first-order chi connectivity index (χ1) is 11.4. The van der Waals surface area contributed by atoms with E-state index in [0.717, 1.165) is 0 Å². The number of carbonyl (C=O) groups excluding carboxylic acids is 2. The van der Waals surface area contributed by atoms with Crippen molar-refractivity contribution in [3.63, 3.8) is 0 Å². The highest BCUT2D eigenvalue weighted by atomic mass is 16.4. The van der Waals surface area contributed by atoms with Crippen LogP contribution in [0.2, 0.25) is 0 Å². The van der Waals surface area contributed by atoms with Crippen molar-refractivity contribution in [3.05, 3.63) is 82.9 Å². The Labute approximate surface area is 136 Å². The van der Waals surface area contributed by atoms with Crippen LogP contribution in [0.25, 0.3) is 0 Å². The molecule has 0 amide bonds. The van der Waals surface area contributed by atoms with Crippen LogP contribution in [-0.4, -0.2) is 33.7 Å². The molecule has 2 N–H and O–H groups in total. The first kappa shape index (κ1) is 16.8. The molecule has 2 aromatic carbocycles. The van der Waals surface area contributed by atoms with Gasteiger partial charge < -0.3 is 10.2 Å². The van der Waals surface area contributed by atoms with Crippen LogP contribution in [0.15, 0.2) is 71.8 Å². The molecule has 0 aliphatic rings. The van der Waals surface area contributed by atoms with Crippen molar-refractivity contribution >= 4 is 23.5 Å². The van der Waals surface area contributed by atoms with Gasteiger partial charge in [-0.1, -0.05) is 60.7 Å². The molecule has 120 valence electrons. The molecule has 0 fully saturated rings. The third kappa shape index (κ3) is 3.44. The Bertz CT molecular complexity index is 763. The van der Waals surface area contributed by atoms with E-state index in [1.54, 1.807) is 12.1 Å². The minimum Gasteiger partial charge on any atom is -0.478 e. The van der Waals surface area contributed by atoms with Crippen LogP contribution in [0.1, 0.15) is 20.7 Å². The molecule has 0 saturated heterocycles. The highest BCUT2D eigenvalue weighted by molar-refractivity contribution is 6.35. The summed E-state index contributed by atoms with van der Waals surface area (Å²) in [7, 11) is 0. The van der Waals surface area contributed by atoms with Crippen LogP contribution < -0.4 is 0 Å². The first-order valence-corrected chi connectivity index (χ1v) is 6.84. The second kappa shape index (κ2) is 7.15. The molecule has 6 nitrogen and oxygen atoms in total. The predicted octanol–water partition coefficient (Wildman–Crippen LogP) is 2.22. The van der Waals surface area contributed by atoms with Crippen LogP contribution >= 0.6 is 0 Å². The van der Waals surface area contributed by atoms with Gasteiger partial charge in [0, 0.05) is 11.1 Å². The summed E-state index contributed by atoms with van der Waals surface area (Å²) in [5.74, 6) is -5.62. The van der Waals surface area contributed by atoms with Crippen molar-refractivity contribution in [1.82, 2.24) is 0 Å². The Kier molecular flexibility index (Phi) is 5.01. The van der Waals surface area contributed by atoms with Crippen molar-refractivity contribution in [2.45, 2.75) is 0 Å². The fourth-order valence-electron chi connectivity index (χ4n) is 2.10. The molecule has 0 heterocycles. The molecule has 0 atom stereocenters. The van der Waals surface area contributed by atoms with Crippen LogP contribution in [0.5, 0.6) is 0 Å². The van der Waals surface area contributed by atoms with Crippen LogP contribution in [-0.2, 0) is 9.59 Å². The fourth-order valence-corrected chi connectivity index (χ4v) is 2.10. The van der Waals surface area contributed by atoms with E-state index in [2.05, 4.69) is 0 Å². The zero-order chi connectivity index (χ0) is 17.7. The molecule has 0 spiro atoms. The highest BCUT2D eigenvalue weighted by Gasteiger charge is 2.32. The number of Topliss-reactive ketones (excluding diaryl/α,β-unsaturated/α-hetero) is 2. The molecular weight excluding hydrogens is 312 g/mol. The van der Waals surface area contributed by atoms with Gasteiger partial charge in [0.25, 0.3) is 0 Å². The Hall–Kier alpha value is -3.54. The SMILES string of the molecule is O=C(O)C(C(=O)c1ccccc1)=C(C(=O)O)C(=O)c1ccccc1. The van der Waals surface area contributed by atoms with Crippen molar-refractivity contribution < 1.29 is 29.4 Å². The van der Waals surface area contributed by atoms with Gasteiger partial charge in [-0.3, -0.25) is 9.59 Å². The smallest absolute Gasteiger partial charge is 0.340 e. The molecule has 0 radical (unpaired) electrons. The Morgan fingerprint density at radius 2 is 0.833 bits per heavy atom. The number of aliphatic carboxylic acids is 2. The molecule has 6 heteroatoms. The van der Waals surface area contributed by atoms with Crippen LogP contribution in [0, 0.1) is 0 Å². The molecular formula is C18H12O6. The average molecular weight is 324 g/mol. The summed E-state index contributed by atoms with van der Waals surface area (Å²) in [5, 5.41) is 18.7. The van der Waals surface area contributed by atoms with Crippen molar-refractivity contribution in [2.24, 2.45) is 0 Å². The molecule has 0 aliphatic carbocycles. The largest absolute Gasteiger partial charge is 0.478 e. The van der Waals surface area contributed by atoms with Gasteiger partial charge in [-0.15, -0.1) is 0 Å². The van der Waals surface area contributed by atoms with E-state index in [4.69, 9.17) is 0 Å². The second-order valence-electron chi connectivity index (χ2n) is 4.75. The van der Waals surface area contributed by atoms with Crippen molar-refractivity contribution in [3.8, 4) is 0 Å². The Morgan fingerprint density at radius 1 is 0.542 bits per heavy atom. The predicted molar refractivity (Wildman–Crippen MR) is 83.8 cm³/mol. The van der Waals surface area contributed by atoms with Crippen molar-refractivity contribution in [2.75, 3.05) is 0 Å². The number of hydrogen-bond acceptors (Lipinski definition) is 4. The Balaban J connectivity index is 2.65. The monoisotopic (exact) mass is 324 g/mol. The summed E-state index contributed by atoms with van der Waals surface area (Å²) >= 11 is 0. The maximum atomic E-state index is 12.4. The quantitative estimate of drug-likeness (QED) is 0.365. The van der Waals surface area contributed by atoms with Gasteiger partial charge in [0.05, 0.1) is 0 Å². The molecule has 2 rings (SSSR count). The number of hydrogen-bond donors (Lipinski definition) is 2. The van der Waals surface area contributed by atoms with Gasteiger partial charge in [0.2, 0.25) is 11.6 Å². The minimum absolute atomic E-state index is 0.0190. The summed E-state index contributed by atoms with van der Waals surface area (Å²) in [5.41, 5.74) is -2.17. The lowest BCUT2D eigenvalue weighted by Gasteiger charge is -2.08. The van der Waals surface area contributed by atoms with E-state index in [-0.39, 0.29) is 11.1 Å². The van der Waals surface area contributed by atoms with E-state index in [9.17, 15) is 29.4 Å². The molecule has 0 unspecified atom stereocenters. The van der Waals surface area contributed by atoms with Gasteiger partial charge in [0.1, 0.15) is 11.1 Å². The van der Waals surface area contributed by atoms with E-state index in [1.807, 2.05) is 0 Å². The number of ketones is 2. The van der Waals surface area contributed by atoms with Crippen molar-refractivity contribution in [1.29, 1.82) is 0 Å². The van der Waals surface area contributed by atoms with E-state index in [0.29, 0.717) is 0 Å². The third-order valence-electron chi connectivity index (χ3n) is 3.20. The second-order valence-corrected chi connectivity index (χ2v) is 4.75. The highest BCUT2D eigenvalue weighted by Crippen LogP contribution is 2.18. The summed E-state index contributed by atoms with van der Waals surface area (Å²) in [6.07, 6.45) is 0. The molecule has 2 aromatic rings. The first-order valence-electron chi connectivity index (χ1n) is 6.84. The minimum atomic E-state index is -1.77.